The summed E-state index contributed by atoms with van der Waals surface area (Å²) in [4.78, 5) is 4.14. The second-order valence-electron chi connectivity index (χ2n) is 4.98. The fourth-order valence-electron chi connectivity index (χ4n) is 1.82. The number of nitrogens with one attached hydrogen (secondary N) is 1. The van der Waals surface area contributed by atoms with Gasteiger partial charge in [0.15, 0.2) is 0 Å². The first-order valence-electron chi connectivity index (χ1n) is 6.65. The highest BCUT2D eigenvalue weighted by atomic mass is 32.2. The van der Waals surface area contributed by atoms with E-state index in [1.54, 1.807) is 13.2 Å². The van der Waals surface area contributed by atoms with Gasteiger partial charge in [-0.05, 0) is 37.9 Å². The molecule has 0 saturated heterocycles. The van der Waals surface area contributed by atoms with Crippen LogP contribution in [0.5, 0.6) is 0 Å². The van der Waals surface area contributed by atoms with Gasteiger partial charge in [0.1, 0.15) is 0 Å². The minimum atomic E-state index is -3.18. The van der Waals surface area contributed by atoms with Gasteiger partial charge in [-0.15, -0.1) is 0 Å². The summed E-state index contributed by atoms with van der Waals surface area (Å²) in [7, 11) is -1.57. The molecule has 0 aromatic carbocycles. The summed E-state index contributed by atoms with van der Waals surface area (Å²) in [6.07, 6.45) is 4.79. The molecular formula is C13H21N3O2S. The van der Waals surface area contributed by atoms with Gasteiger partial charge in [0, 0.05) is 19.3 Å². The van der Waals surface area contributed by atoms with Crippen LogP contribution in [0, 0.1) is 0 Å². The predicted octanol–water partition coefficient (Wildman–Crippen LogP) is 0.985. The van der Waals surface area contributed by atoms with Crippen molar-refractivity contribution in [3.8, 4) is 0 Å². The van der Waals surface area contributed by atoms with Crippen LogP contribution in [0.4, 0.5) is 0 Å². The summed E-state index contributed by atoms with van der Waals surface area (Å²) >= 11 is 0. The molecule has 1 saturated carbocycles. The van der Waals surface area contributed by atoms with Crippen LogP contribution in [0.15, 0.2) is 24.4 Å². The van der Waals surface area contributed by atoms with Crippen LogP contribution in [-0.2, 0) is 16.6 Å². The van der Waals surface area contributed by atoms with E-state index in [4.69, 9.17) is 0 Å². The Morgan fingerprint density at radius 3 is 2.84 bits per heavy atom. The highest BCUT2D eigenvalue weighted by Gasteiger charge is 2.21. The molecule has 0 atom stereocenters. The molecule has 19 heavy (non-hydrogen) atoms. The van der Waals surface area contributed by atoms with E-state index in [1.807, 2.05) is 18.2 Å². The zero-order valence-corrected chi connectivity index (χ0v) is 12.1. The number of rotatable bonds is 8. The lowest BCUT2D eigenvalue weighted by Gasteiger charge is -2.16. The average Bonchev–Trinajstić information content (AvgIpc) is 3.20. The van der Waals surface area contributed by atoms with Crippen molar-refractivity contribution < 1.29 is 8.42 Å². The van der Waals surface area contributed by atoms with Crippen LogP contribution in [-0.4, -0.2) is 43.1 Å². The SMILES string of the molecule is CN(Cc1ccccn1)S(=O)(=O)CCCNC1CC1. The molecule has 0 radical (unpaired) electrons. The summed E-state index contributed by atoms with van der Waals surface area (Å²) in [5.74, 6) is 0.191. The third kappa shape index (κ3) is 4.89. The van der Waals surface area contributed by atoms with Crippen LogP contribution in [0.25, 0.3) is 0 Å². The standard InChI is InChI=1S/C13H21N3O2S/c1-16(11-13-5-2-3-8-15-13)19(17,18)10-4-9-14-12-6-7-12/h2-3,5,8,12,14H,4,6-7,9-11H2,1H3. The summed E-state index contributed by atoms with van der Waals surface area (Å²) in [6, 6.07) is 6.15. The highest BCUT2D eigenvalue weighted by Crippen LogP contribution is 2.18. The van der Waals surface area contributed by atoms with E-state index in [2.05, 4.69) is 10.3 Å². The number of hydrogen-bond acceptors (Lipinski definition) is 4. The molecule has 6 heteroatoms. The zero-order chi connectivity index (χ0) is 13.7. The Morgan fingerprint density at radius 2 is 2.21 bits per heavy atom. The van der Waals surface area contributed by atoms with Crippen molar-refractivity contribution in [1.29, 1.82) is 0 Å². The number of pyridine rings is 1. The van der Waals surface area contributed by atoms with Crippen molar-refractivity contribution in [2.75, 3.05) is 19.3 Å². The normalized spacial score (nSPS) is 15.9. The van der Waals surface area contributed by atoms with E-state index in [9.17, 15) is 8.42 Å². The van der Waals surface area contributed by atoms with Crippen molar-refractivity contribution in [3.05, 3.63) is 30.1 Å². The van der Waals surface area contributed by atoms with E-state index in [1.165, 1.54) is 17.1 Å². The van der Waals surface area contributed by atoms with Crippen LogP contribution in [0.1, 0.15) is 25.0 Å². The van der Waals surface area contributed by atoms with Crippen molar-refractivity contribution in [1.82, 2.24) is 14.6 Å². The smallest absolute Gasteiger partial charge is 0.214 e. The largest absolute Gasteiger partial charge is 0.314 e. The lowest BCUT2D eigenvalue weighted by molar-refractivity contribution is 0.460. The fourth-order valence-corrected chi connectivity index (χ4v) is 2.97. The average molecular weight is 283 g/mol. The first-order chi connectivity index (χ1) is 9.08. The summed E-state index contributed by atoms with van der Waals surface area (Å²) in [6.45, 7) is 1.11. The van der Waals surface area contributed by atoms with Crippen LogP contribution < -0.4 is 5.32 Å². The highest BCUT2D eigenvalue weighted by molar-refractivity contribution is 7.89. The monoisotopic (exact) mass is 283 g/mol. The lowest BCUT2D eigenvalue weighted by Crippen LogP contribution is -2.30. The van der Waals surface area contributed by atoms with E-state index < -0.39 is 10.0 Å². The maximum atomic E-state index is 12.1. The minimum Gasteiger partial charge on any atom is -0.314 e. The molecule has 1 aliphatic rings. The van der Waals surface area contributed by atoms with E-state index >= 15 is 0 Å². The first-order valence-corrected chi connectivity index (χ1v) is 8.26. The molecule has 1 fully saturated rings. The molecule has 1 aromatic heterocycles. The summed E-state index contributed by atoms with van der Waals surface area (Å²) < 4.78 is 25.5. The van der Waals surface area contributed by atoms with E-state index in [0.717, 1.165) is 12.2 Å². The molecule has 0 amide bonds. The molecule has 1 N–H and O–H groups in total. The van der Waals surface area contributed by atoms with E-state index in [-0.39, 0.29) is 5.75 Å². The number of aromatic nitrogens is 1. The Bertz CT molecular complexity index is 486. The van der Waals surface area contributed by atoms with Crippen molar-refractivity contribution in [2.45, 2.75) is 31.8 Å². The van der Waals surface area contributed by atoms with Crippen LogP contribution in [0.3, 0.4) is 0 Å². The Morgan fingerprint density at radius 1 is 1.42 bits per heavy atom. The second kappa shape index (κ2) is 6.45. The predicted molar refractivity (Wildman–Crippen MR) is 75.1 cm³/mol. The zero-order valence-electron chi connectivity index (χ0n) is 11.2. The maximum absolute atomic E-state index is 12.1. The third-order valence-corrected chi connectivity index (χ3v) is 5.06. The van der Waals surface area contributed by atoms with Gasteiger partial charge < -0.3 is 5.32 Å². The van der Waals surface area contributed by atoms with Crippen molar-refractivity contribution >= 4 is 10.0 Å². The van der Waals surface area contributed by atoms with E-state index in [0.29, 0.717) is 19.0 Å². The molecule has 106 valence electrons. The fraction of sp³-hybridized carbons (Fsp3) is 0.615. The topological polar surface area (TPSA) is 62.3 Å². The molecule has 0 unspecified atom stereocenters. The van der Waals surface area contributed by atoms with Gasteiger partial charge in [0.05, 0.1) is 18.0 Å². The summed E-state index contributed by atoms with van der Waals surface area (Å²) in [5.41, 5.74) is 0.768. The minimum absolute atomic E-state index is 0.191. The first kappa shape index (κ1) is 14.4. The molecule has 0 aliphatic heterocycles. The van der Waals surface area contributed by atoms with Gasteiger partial charge in [-0.25, -0.2) is 8.42 Å². The summed E-state index contributed by atoms with van der Waals surface area (Å²) in [5, 5.41) is 3.32. The number of hydrogen-bond donors (Lipinski definition) is 1. The van der Waals surface area contributed by atoms with Gasteiger partial charge in [-0.2, -0.15) is 4.31 Å². The Labute approximate surface area is 115 Å². The molecule has 0 bridgehead atoms. The number of nitrogens with zero attached hydrogens (tertiary/aromatic N) is 2. The molecule has 5 nitrogen and oxygen atoms in total. The van der Waals surface area contributed by atoms with Crippen LogP contribution in [0.2, 0.25) is 0 Å². The Kier molecular flexibility index (Phi) is 4.90. The quantitative estimate of drug-likeness (QED) is 0.723. The van der Waals surface area contributed by atoms with Gasteiger partial charge in [-0.1, -0.05) is 6.07 Å². The van der Waals surface area contributed by atoms with Gasteiger partial charge in [0.2, 0.25) is 10.0 Å². The molecule has 1 heterocycles. The molecular weight excluding hydrogens is 262 g/mol. The van der Waals surface area contributed by atoms with Gasteiger partial charge in [0.25, 0.3) is 0 Å². The Balaban J connectivity index is 1.77. The second-order valence-corrected chi connectivity index (χ2v) is 7.17. The molecule has 1 aromatic rings. The van der Waals surface area contributed by atoms with Gasteiger partial charge >= 0.3 is 0 Å². The molecule has 0 spiro atoms. The van der Waals surface area contributed by atoms with Crippen LogP contribution >= 0.6 is 0 Å². The molecule has 1 aliphatic carbocycles. The number of sulfonamides is 1. The molecule has 2 rings (SSSR count). The van der Waals surface area contributed by atoms with Crippen molar-refractivity contribution in [3.63, 3.8) is 0 Å². The Hall–Kier alpha value is -0.980. The maximum Gasteiger partial charge on any atom is 0.214 e. The van der Waals surface area contributed by atoms with Crippen molar-refractivity contribution in [2.24, 2.45) is 0 Å². The van der Waals surface area contributed by atoms with Gasteiger partial charge in [-0.3, -0.25) is 4.98 Å². The third-order valence-electron chi connectivity index (χ3n) is 3.18. The lowest BCUT2D eigenvalue weighted by atomic mass is 10.3.